The van der Waals surface area contributed by atoms with Crippen molar-refractivity contribution < 1.29 is 19.0 Å². The fraction of sp³-hybridized carbons (Fsp3) is 0.778. The van der Waals surface area contributed by atoms with Crippen molar-refractivity contribution >= 4 is 5.97 Å². The first-order valence-electron chi connectivity index (χ1n) is 4.69. The summed E-state index contributed by atoms with van der Waals surface area (Å²) in [4.78, 5) is 21.1. The van der Waals surface area contributed by atoms with Crippen LogP contribution in [-0.2, 0) is 19.0 Å². The van der Waals surface area contributed by atoms with E-state index in [0.29, 0.717) is 6.61 Å². The molecule has 0 N–H and O–H groups in total. The highest BCUT2D eigenvalue weighted by molar-refractivity contribution is 5.79. The van der Waals surface area contributed by atoms with Gasteiger partial charge in [0.2, 0.25) is 0 Å². The molecule has 0 bridgehead atoms. The first-order chi connectivity index (χ1) is 7.48. The maximum atomic E-state index is 11.1. The average molecular weight is 228 g/mol. The Kier molecular flexibility index (Phi) is 3.93. The standard InChI is InChI=1S/C9H12N2O5/c1-9(2)15-5-6(16-9)4-14-8(12)7(3-10)11-13/h6-7H,4-5H2,1-2H3/t6-,7?/m1/s1. The molecule has 0 aromatic rings. The van der Waals surface area contributed by atoms with Crippen LogP contribution < -0.4 is 0 Å². The number of carbonyl (C=O) groups is 1. The Morgan fingerprint density at radius 1 is 1.75 bits per heavy atom. The molecule has 1 unspecified atom stereocenters. The van der Waals surface area contributed by atoms with Crippen molar-refractivity contribution in [2.45, 2.75) is 31.8 Å². The first kappa shape index (κ1) is 12.5. The molecule has 2 atom stereocenters. The van der Waals surface area contributed by atoms with Crippen molar-refractivity contribution in [3.05, 3.63) is 4.91 Å². The maximum Gasteiger partial charge on any atom is 0.349 e. The van der Waals surface area contributed by atoms with E-state index in [2.05, 4.69) is 5.18 Å². The van der Waals surface area contributed by atoms with Gasteiger partial charge in [0.15, 0.2) is 5.79 Å². The molecule has 0 saturated carbocycles. The lowest BCUT2D eigenvalue weighted by Crippen LogP contribution is -2.28. The van der Waals surface area contributed by atoms with Crippen LogP contribution in [0.25, 0.3) is 0 Å². The lowest BCUT2D eigenvalue weighted by Gasteiger charge is -2.16. The van der Waals surface area contributed by atoms with E-state index in [1.54, 1.807) is 13.8 Å². The molecule has 0 radical (unpaired) electrons. The minimum Gasteiger partial charge on any atom is -0.460 e. The lowest BCUT2D eigenvalue weighted by molar-refractivity contribution is -0.158. The van der Waals surface area contributed by atoms with Gasteiger partial charge < -0.3 is 14.2 Å². The van der Waals surface area contributed by atoms with Gasteiger partial charge >= 0.3 is 5.97 Å². The van der Waals surface area contributed by atoms with Crippen LogP contribution in [0.15, 0.2) is 5.18 Å². The normalized spacial score (nSPS) is 24.4. The number of hydrogen-bond acceptors (Lipinski definition) is 7. The minimum atomic E-state index is -1.62. The van der Waals surface area contributed by atoms with Crippen molar-refractivity contribution in [1.29, 1.82) is 5.26 Å². The van der Waals surface area contributed by atoms with Crippen LogP contribution in [0.3, 0.4) is 0 Å². The number of rotatable bonds is 4. The van der Waals surface area contributed by atoms with Gasteiger partial charge in [-0.25, -0.2) is 4.79 Å². The molecule has 0 spiro atoms. The van der Waals surface area contributed by atoms with Crippen LogP contribution in [0.2, 0.25) is 0 Å². The van der Waals surface area contributed by atoms with Gasteiger partial charge in [-0.05, 0) is 19.0 Å². The zero-order chi connectivity index (χ0) is 12.2. The Bertz CT molecular complexity index is 322. The number of nitroso groups, excluding NO2 is 1. The van der Waals surface area contributed by atoms with Crippen LogP contribution in [0.1, 0.15) is 13.8 Å². The Labute approximate surface area is 92.2 Å². The number of nitriles is 1. The third-order valence-corrected chi connectivity index (χ3v) is 1.93. The molecule has 1 rings (SSSR count). The van der Waals surface area contributed by atoms with E-state index in [1.165, 1.54) is 6.07 Å². The van der Waals surface area contributed by atoms with Gasteiger partial charge in [-0.1, -0.05) is 0 Å². The summed E-state index contributed by atoms with van der Waals surface area (Å²) in [6.07, 6.45) is -0.384. The van der Waals surface area contributed by atoms with E-state index in [1.807, 2.05) is 0 Å². The van der Waals surface area contributed by atoms with Crippen LogP contribution in [0.4, 0.5) is 0 Å². The third kappa shape index (κ3) is 3.25. The molecule has 0 aromatic heterocycles. The fourth-order valence-corrected chi connectivity index (χ4v) is 1.22. The molecular formula is C9H12N2O5. The summed E-state index contributed by atoms with van der Waals surface area (Å²) in [5.41, 5.74) is 0. The highest BCUT2D eigenvalue weighted by atomic mass is 16.7. The second kappa shape index (κ2) is 5.01. The minimum absolute atomic E-state index is 0.0596. The first-order valence-corrected chi connectivity index (χ1v) is 4.69. The number of nitrogens with zero attached hydrogens (tertiary/aromatic N) is 2. The SMILES string of the molecule is CC1(C)OC[C@@H](COC(=O)C(C#N)N=O)O1. The number of carbonyl (C=O) groups excluding carboxylic acids is 1. The quantitative estimate of drug-likeness (QED) is 0.508. The fourth-order valence-electron chi connectivity index (χ4n) is 1.22. The molecule has 16 heavy (non-hydrogen) atoms. The third-order valence-electron chi connectivity index (χ3n) is 1.93. The van der Waals surface area contributed by atoms with Crippen molar-refractivity contribution in [3.63, 3.8) is 0 Å². The predicted molar refractivity (Wildman–Crippen MR) is 51.1 cm³/mol. The highest BCUT2D eigenvalue weighted by Gasteiger charge is 2.34. The molecule has 7 heteroatoms. The van der Waals surface area contributed by atoms with Crippen molar-refractivity contribution in [2.24, 2.45) is 5.18 Å². The summed E-state index contributed by atoms with van der Waals surface area (Å²) in [6, 6.07) is -0.198. The zero-order valence-electron chi connectivity index (χ0n) is 9.00. The topological polar surface area (TPSA) is 98.0 Å². The van der Waals surface area contributed by atoms with E-state index in [-0.39, 0.29) is 12.7 Å². The molecular weight excluding hydrogens is 216 g/mol. The molecule has 0 aromatic carbocycles. The second-order valence-corrected chi connectivity index (χ2v) is 3.72. The summed E-state index contributed by atoms with van der Waals surface area (Å²) in [5.74, 6) is -1.67. The molecule has 0 amide bonds. The van der Waals surface area contributed by atoms with Crippen molar-refractivity contribution in [1.82, 2.24) is 0 Å². The van der Waals surface area contributed by atoms with Gasteiger partial charge in [-0.3, -0.25) is 0 Å². The molecule has 1 fully saturated rings. The monoisotopic (exact) mass is 228 g/mol. The largest absolute Gasteiger partial charge is 0.460 e. The van der Waals surface area contributed by atoms with Gasteiger partial charge in [0.1, 0.15) is 18.8 Å². The Balaban J connectivity index is 2.34. The molecule has 1 aliphatic rings. The maximum absolute atomic E-state index is 11.1. The molecule has 1 saturated heterocycles. The molecule has 88 valence electrons. The number of esters is 1. The van der Waals surface area contributed by atoms with E-state index in [0.717, 1.165) is 0 Å². The van der Waals surface area contributed by atoms with E-state index < -0.39 is 17.8 Å². The van der Waals surface area contributed by atoms with Crippen LogP contribution in [-0.4, -0.2) is 37.1 Å². The summed E-state index contributed by atoms with van der Waals surface area (Å²) < 4.78 is 15.3. The average Bonchev–Trinajstić information content (AvgIpc) is 2.57. The number of ether oxygens (including phenoxy) is 3. The van der Waals surface area contributed by atoms with E-state index in [9.17, 15) is 9.70 Å². The van der Waals surface area contributed by atoms with Crippen LogP contribution >= 0.6 is 0 Å². The summed E-state index contributed by atoms with van der Waals surface area (Å²) >= 11 is 0. The molecule has 1 aliphatic heterocycles. The van der Waals surface area contributed by atoms with Crippen LogP contribution in [0.5, 0.6) is 0 Å². The Morgan fingerprint density at radius 2 is 2.44 bits per heavy atom. The van der Waals surface area contributed by atoms with Gasteiger partial charge in [0.25, 0.3) is 6.04 Å². The molecule has 1 heterocycles. The Morgan fingerprint density at radius 3 is 2.88 bits per heavy atom. The lowest BCUT2D eigenvalue weighted by atomic mass is 10.3. The van der Waals surface area contributed by atoms with Gasteiger partial charge in [0.05, 0.1) is 6.61 Å². The number of hydrogen-bond donors (Lipinski definition) is 0. The smallest absolute Gasteiger partial charge is 0.349 e. The van der Waals surface area contributed by atoms with Gasteiger partial charge in [-0.15, -0.1) is 4.91 Å². The molecule has 7 nitrogen and oxygen atoms in total. The van der Waals surface area contributed by atoms with Crippen LogP contribution in [0, 0.1) is 16.2 Å². The Hall–Kier alpha value is -1.52. The van der Waals surface area contributed by atoms with Gasteiger partial charge in [-0.2, -0.15) is 5.26 Å². The van der Waals surface area contributed by atoms with Crippen molar-refractivity contribution in [2.75, 3.05) is 13.2 Å². The van der Waals surface area contributed by atoms with Crippen molar-refractivity contribution in [3.8, 4) is 6.07 Å². The predicted octanol–water partition coefficient (Wildman–Crippen LogP) is 0.340. The summed E-state index contributed by atoms with van der Waals surface area (Å²) in [6.45, 7) is 3.71. The zero-order valence-corrected chi connectivity index (χ0v) is 9.00. The highest BCUT2D eigenvalue weighted by Crippen LogP contribution is 2.22. The van der Waals surface area contributed by atoms with E-state index >= 15 is 0 Å². The summed E-state index contributed by atoms with van der Waals surface area (Å²) in [7, 11) is 0. The second-order valence-electron chi connectivity index (χ2n) is 3.72. The summed E-state index contributed by atoms with van der Waals surface area (Å²) in [5, 5.41) is 10.7. The molecule has 0 aliphatic carbocycles. The van der Waals surface area contributed by atoms with Gasteiger partial charge in [0, 0.05) is 0 Å². The van der Waals surface area contributed by atoms with E-state index in [4.69, 9.17) is 19.5 Å².